The molecule has 0 spiro atoms. The van der Waals surface area contributed by atoms with Crippen molar-refractivity contribution in [3.8, 4) is 0 Å². The van der Waals surface area contributed by atoms with Crippen molar-refractivity contribution in [3.05, 3.63) is 12.2 Å². The van der Waals surface area contributed by atoms with E-state index in [1.807, 2.05) is 4.90 Å². The molecule has 0 aromatic carbocycles. The number of nitrogens with zero attached hydrogens (tertiary/aromatic N) is 1. The molecular weight excluding hydrogens is 286 g/mol. The lowest BCUT2D eigenvalue weighted by molar-refractivity contribution is -0.143. The predicted molar refractivity (Wildman–Crippen MR) is 97.6 cm³/mol. The summed E-state index contributed by atoms with van der Waals surface area (Å²) >= 11 is 0. The second kappa shape index (κ2) is 12.6. The van der Waals surface area contributed by atoms with Crippen LogP contribution in [0.4, 0.5) is 0 Å². The zero-order valence-corrected chi connectivity index (χ0v) is 15.6. The Balaban J connectivity index is 1.93. The van der Waals surface area contributed by atoms with E-state index < -0.39 is 0 Å². The number of carbonyl (C=O) groups is 1. The van der Waals surface area contributed by atoms with Crippen molar-refractivity contribution in [1.29, 1.82) is 0 Å². The van der Waals surface area contributed by atoms with E-state index in [0.29, 0.717) is 12.3 Å². The maximum Gasteiger partial charge on any atom is 0.222 e. The van der Waals surface area contributed by atoms with Gasteiger partial charge in [0.2, 0.25) is 5.91 Å². The van der Waals surface area contributed by atoms with Crippen LogP contribution >= 0.6 is 0 Å². The zero-order valence-electron chi connectivity index (χ0n) is 15.6. The van der Waals surface area contributed by atoms with E-state index in [-0.39, 0.29) is 12.2 Å². The first kappa shape index (κ1) is 20.2. The van der Waals surface area contributed by atoms with Gasteiger partial charge in [-0.3, -0.25) is 4.79 Å². The lowest BCUT2D eigenvalue weighted by Crippen LogP contribution is -2.48. The molecule has 23 heavy (non-hydrogen) atoms. The molecule has 1 rings (SSSR count). The van der Waals surface area contributed by atoms with Crippen LogP contribution in [0.15, 0.2) is 12.2 Å². The Bertz CT molecular complexity index is 331. The molecule has 0 radical (unpaired) electrons. The van der Waals surface area contributed by atoms with Crippen LogP contribution in [0.1, 0.15) is 85.0 Å². The molecule has 134 valence electrons. The van der Waals surface area contributed by atoms with Gasteiger partial charge < -0.3 is 9.64 Å². The first-order valence-corrected chi connectivity index (χ1v) is 9.68. The fourth-order valence-corrected chi connectivity index (χ4v) is 3.31. The van der Waals surface area contributed by atoms with Crippen LogP contribution in [0.2, 0.25) is 0 Å². The van der Waals surface area contributed by atoms with Crippen LogP contribution in [0, 0.1) is 0 Å². The molecule has 0 aromatic rings. The summed E-state index contributed by atoms with van der Waals surface area (Å²) in [6.07, 6.45) is 16.9. The van der Waals surface area contributed by atoms with Crippen molar-refractivity contribution < 1.29 is 9.53 Å². The Hall–Kier alpha value is -0.830. The summed E-state index contributed by atoms with van der Waals surface area (Å²) in [5, 5.41) is 0. The summed E-state index contributed by atoms with van der Waals surface area (Å²) in [5.74, 6) is 0.316. The van der Waals surface area contributed by atoms with Gasteiger partial charge in [-0.15, -0.1) is 0 Å². The summed E-state index contributed by atoms with van der Waals surface area (Å²) in [7, 11) is 0. The SMILES string of the molecule is CC=CCCCCCCCCCCC(=O)N1CC(C)OC(C)C1. The molecule has 1 heterocycles. The highest BCUT2D eigenvalue weighted by Crippen LogP contribution is 2.14. The molecular formula is C20H37NO2. The van der Waals surface area contributed by atoms with Gasteiger partial charge in [0.15, 0.2) is 0 Å². The van der Waals surface area contributed by atoms with E-state index in [4.69, 9.17) is 4.74 Å². The third kappa shape index (κ3) is 9.80. The van der Waals surface area contributed by atoms with Gasteiger partial charge in [0, 0.05) is 19.5 Å². The largest absolute Gasteiger partial charge is 0.372 e. The second-order valence-electron chi connectivity index (χ2n) is 6.99. The molecule has 1 fully saturated rings. The Labute approximate surface area is 143 Å². The molecule has 0 bridgehead atoms. The number of hydrogen-bond acceptors (Lipinski definition) is 2. The van der Waals surface area contributed by atoms with Crippen molar-refractivity contribution in [2.75, 3.05) is 13.1 Å². The highest BCUT2D eigenvalue weighted by molar-refractivity contribution is 5.76. The third-order valence-electron chi connectivity index (χ3n) is 4.52. The lowest BCUT2D eigenvalue weighted by atomic mass is 10.1. The van der Waals surface area contributed by atoms with Gasteiger partial charge in [-0.1, -0.05) is 50.7 Å². The van der Waals surface area contributed by atoms with Crippen LogP contribution in [0.3, 0.4) is 0 Å². The smallest absolute Gasteiger partial charge is 0.222 e. The maximum atomic E-state index is 12.2. The number of unbranched alkanes of at least 4 members (excludes halogenated alkanes) is 8. The highest BCUT2D eigenvalue weighted by atomic mass is 16.5. The molecule has 0 saturated carbocycles. The summed E-state index contributed by atoms with van der Waals surface area (Å²) in [6.45, 7) is 7.71. The van der Waals surface area contributed by atoms with E-state index in [9.17, 15) is 4.79 Å². The van der Waals surface area contributed by atoms with Crippen molar-refractivity contribution in [1.82, 2.24) is 4.90 Å². The van der Waals surface area contributed by atoms with Crippen LogP contribution in [-0.4, -0.2) is 36.1 Å². The average Bonchev–Trinajstić information content (AvgIpc) is 2.51. The maximum absolute atomic E-state index is 12.2. The second-order valence-corrected chi connectivity index (χ2v) is 6.99. The quantitative estimate of drug-likeness (QED) is 0.391. The molecule has 0 aliphatic carbocycles. The van der Waals surface area contributed by atoms with Gasteiger partial charge >= 0.3 is 0 Å². The predicted octanol–water partition coefficient (Wildman–Crippen LogP) is 5.10. The topological polar surface area (TPSA) is 29.5 Å². The van der Waals surface area contributed by atoms with E-state index in [0.717, 1.165) is 19.5 Å². The van der Waals surface area contributed by atoms with Crippen LogP contribution in [0.25, 0.3) is 0 Å². The van der Waals surface area contributed by atoms with Crippen molar-refractivity contribution in [2.24, 2.45) is 0 Å². The van der Waals surface area contributed by atoms with Crippen molar-refractivity contribution in [2.45, 2.75) is 97.2 Å². The van der Waals surface area contributed by atoms with E-state index in [1.165, 1.54) is 51.4 Å². The fraction of sp³-hybridized carbons (Fsp3) is 0.850. The average molecular weight is 324 g/mol. The molecule has 2 atom stereocenters. The monoisotopic (exact) mass is 323 g/mol. The van der Waals surface area contributed by atoms with Gasteiger partial charge in [-0.25, -0.2) is 0 Å². The summed E-state index contributed by atoms with van der Waals surface area (Å²) < 4.78 is 5.68. The Morgan fingerprint density at radius 2 is 1.48 bits per heavy atom. The van der Waals surface area contributed by atoms with Gasteiger partial charge in [-0.05, 0) is 40.0 Å². The minimum atomic E-state index is 0.176. The Kier molecular flexibility index (Phi) is 11.1. The first-order chi connectivity index (χ1) is 11.1. The lowest BCUT2D eigenvalue weighted by Gasteiger charge is -2.35. The Morgan fingerprint density at radius 1 is 0.957 bits per heavy atom. The van der Waals surface area contributed by atoms with Crippen LogP contribution in [-0.2, 0) is 9.53 Å². The number of amides is 1. The molecule has 1 aliphatic heterocycles. The molecule has 1 amide bonds. The number of morpholine rings is 1. The van der Waals surface area contributed by atoms with Gasteiger partial charge in [0.1, 0.15) is 0 Å². The molecule has 1 saturated heterocycles. The van der Waals surface area contributed by atoms with Crippen LogP contribution in [0.5, 0.6) is 0 Å². The number of allylic oxidation sites excluding steroid dienone is 2. The molecule has 3 heteroatoms. The van der Waals surface area contributed by atoms with E-state index in [2.05, 4.69) is 32.9 Å². The van der Waals surface area contributed by atoms with Gasteiger partial charge in [-0.2, -0.15) is 0 Å². The number of carbonyl (C=O) groups excluding carboxylic acids is 1. The number of hydrogen-bond donors (Lipinski definition) is 0. The highest BCUT2D eigenvalue weighted by Gasteiger charge is 2.25. The molecule has 3 nitrogen and oxygen atoms in total. The zero-order chi connectivity index (χ0) is 16.9. The number of rotatable bonds is 11. The van der Waals surface area contributed by atoms with Crippen molar-refractivity contribution in [3.63, 3.8) is 0 Å². The van der Waals surface area contributed by atoms with E-state index in [1.54, 1.807) is 0 Å². The summed E-state index contributed by atoms with van der Waals surface area (Å²) in [4.78, 5) is 14.2. The standard InChI is InChI=1S/C20H37NO2/c1-4-5-6-7-8-9-10-11-12-13-14-15-20(22)21-16-18(2)23-19(3)17-21/h4-5,18-19H,6-17H2,1-3H3. The Morgan fingerprint density at radius 3 is 2.04 bits per heavy atom. The summed E-state index contributed by atoms with van der Waals surface area (Å²) in [5.41, 5.74) is 0. The minimum absolute atomic E-state index is 0.176. The molecule has 0 aromatic heterocycles. The summed E-state index contributed by atoms with van der Waals surface area (Å²) in [6, 6.07) is 0. The van der Waals surface area contributed by atoms with Gasteiger partial charge in [0.05, 0.1) is 12.2 Å². The minimum Gasteiger partial charge on any atom is -0.372 e. The van der Waals surface area contributed by atoms with Crippen molar-refractivity contribution >= 4 is 5.91 Å². The molecule has 1 aliphatic rings. The van der Waals surface area contributed by atoms with Crippen LogP contribution < -0.4 is 0 Å². The number of ether oxygens (including phenoxy) is 1. The fourth-order valence-electron chi connectivity index (χ4n) is 3.31. The third-order valence-corrected chi connectivity index (χ3v) is 4.52. The van der Waals surface area contributed by atoms with Gasteiger partial charge in [0.25, 0.3) is 0 Å². The normalized spacial score (nSPS) is 22.0. The first-order valence-electron chi connectivity index (χ1n) is 9.68. The molecule has 0 N–H and O–H groups in total. The van der Waals surface area contributed by atoms with E-state index >= 15 is 0 Å². The molecule has 2 unspecified atom stereocenters.